The van der Waals surface area contributed by atoms with E-state index in [1.807, 2.05) is 0 Å². The van der Waals surface area contributed by atoms with Crippen LogP contribution >= 0.6 is 0 Å². The lowest BCUT2D eigenvalue weighted by Gasteiger charge is -1.95. The molecule has 2 rings (SSSR count). The van der Waals surface area contributed by atoms with Crippen LogP contribution in [0.15, 0.2) is 28.8 Å². The molecule has 0 spiro atoms. The molecular weight excluding hydrogens is 215 g/mol. The number of nitro groups is 1. The normalized spacial score (nSPS) is 10.4. The minimum Gasteiger partial charge on any atom is -0.354 e. The first-order chi connectivity index (χ1) is 7.59. The molecule has 0 unspecified atom stereocenters. The van der Waals surface area contributed by atoms with E-state index >= 15 is 0 Å². The summed E-state index contributed by atoms with van der Waals surface area (Å²) in [7, 11) is 0. The number of hydrogen-bond donors (Lipinski definition) is 0. The first kappa shape index (κ1) is 10.3. The van der Waals surface area contributed by atoms with Gasteiger partial charge < -0.3 is 4.52 Å². The second-order valence-corrected chi connectivity index (χ2v) is 3.20. The number of rotatable bonds is 2. The largest absolute Gasteiger partial charge is 0.354 e. The number of nitrogens with zero attached hydrogens (tertiary/aromatic N) is 2. The van der Waals surface area contributed by atoms with E-state index in [1.54, 1.807) is 0 Å². The topological polar surface area (TPSA) is 69.2 Å². The maximum atomic E-state index is 13.0. The lowest BCUT2D eigenvalue weighted by atomic mass is 10.1. The number of benzene rings is 1. The number of hydrogen-bond acceptors (Lipinski definition) is 4. The monoisotopic (exact) mass is 222 g/mol. The van der Waals surface area contributed by atoms with Gasteiger partial charge in [0.15, 0.2) is 5.69 Å². The van der Waals surface area contributed by atoms with Crippen molar-refractivity contribution in [1.82, 2.24) is 5.16 Å². The van der Waals surface area contributed by atoms with Crippen LogP contribution in [0.2, 0.25) is 0 Å². The molecule has 0 N–H and O–H groups in total. The van der Waals surface area contributed by atoms with Crippen molar-refractivity contribution in [1.29, 1.82) is 0 Å². The first-order valence-corrected chi connectivity index (χ1v) is 4.46. The Morgan fingerprint density at radius 1 is 1.50 bits per heavy atom. The van der Waals surface area contributed by atoms with Gasteiger partial charge in [-0.2, -0.15) is 0 Å². The van der Waals surface area contributed by atoms with Gasteiger partial charge in [-0.05, 0) is 12.1 Å². The zero-order chi connectivity index (χ0) is 11.7. The van der Waals surface area contributed by atoms with E-state index in [4.69, 9.17) is 4.52 Å². The maximum absolute atomic E-state index is 13.0. The fraction of sp³-hybridized carbons (Fsp3) is 0.100. The molecular formula is C10H7FN2O3. The van der Waals surface area contributed by atoms with Crippen LogP contribution in [0, 0.1) is 22.9 Å². The van der Waals surface area contributed by atoms with Gasteiger partial charge in [0.05, 0.1) is 4.92 Å². The van der Waals surface area contributed by atoms with Crippen molar-refractivity contribution >= 4 is 5.69 Å². The lowest BCUT2D eigenvalue weighted by molar-refractivity contribution is -0.385. The maximum Gasteiger partial charge on any atom is 0.339 e. The predicted octanol–water partition coefficient (Wildman–Crippen LogP) is 2.70. The molecule has 0 radical (unpaired) electrons. The van der Waals surface area contributed by atoms with E-state index in [1.165, 1.54) is 31.2 Å². The summed E-state index contributed by atoms with van der Waals surface area (Å²) in [6.45, 7) is 1.44. The van der Waals surface area contributed by atoms with Gasteiger partial charge in [0.2, 0.25) is 5.76 Å². The predicted molar refractivity (Wildman–Crippen MR) is 53.3 cm³/mol. The zero-order valence-corrected chi connectivity index (χ0v) is 8.31. The van der Waals surface area contributed by atoms with Gasteiger partial charge in [0.25, 0.3) is 0 Å². The summed E-state index contributed by atoms with van der Waals surface area (Å²) in [5, 5.41) is 14.3. The third-order valence-electron chi connectivity index (χ3n) is 2.11. The van der Waals surface area contributed by atoms with Gasteiger partial charge in [-0.1, -0.05) is 17.3 Å². The van der Waals surface area contributed by atoms with Gasteiger partial charge in [-0.25, -0.2) is 4.39 Å². The van der Waals surface area contributed by atoms with Crippen LogP contribution in [0.25, 0.3) is 11.3 Å². The second kappa shape index (κ2) is 3.73. The molecule has 0 fully saturated rings. The molecule has 0 aliphatic carbocycles. The summed E-state index contributed by atoms with van der Waals surface area (Å²) >= 11 is 0. The lowest BCUT2D eigenvalue weighted by Crippen LogP contribution is -1.91. The Kier molecular flexibility index (Phi) is 2.40. The zero-order valence-electron chi connectivity index (χ0n) is 8.31. The molecule has 0 bridgehead atoms. The van der Waals surface area contributed by atoms with E-state index in [2.05, 4.69) is 5.16 Å². The van der Waals surface area contributed by atoms with E-state index in [0.717, 1.165) is 0 Å². The minimum atomic E-state index is -0.591. The molecule has 1 heterocycles. The van der Waals surface area contributed by atoms with Crippen LogP contribution in [-0.4, -0.2) is 10.1 Å². The standard InChI is InChI=1S/C10H7FN2O3/c1-6-10(13(14)15)9(12-16-6)7-3-2-4-8(11)5-7/h2-5H,1H3. The molecule has 0 aliphatic heterocycles. The van der Waals surface area contributed by atoms with Gasteiger partial charge >= 0.3 is 5.69 Å². The van der Waals surface area contributed by atoms with Crippen molar-refractivity contribution in [3.8, 4) is 11.3 Å². The highest BCUT2D eigenvalue weighted by atomic mass is 19.1. The summed E-state index contributed by atoms with van der Waals surface area (Å²) < 4.78 is 17.7. The Bertz CT molecular complexity index is 551. The van der Waals surface area contributed by atoms with E-state index < -0.39 is 10.7 Å². The molecule has 2 aromatic rings. The van der Waals surface area contributed by atoms with Gasteiger partial charge in [-0.3, -0.25) is 10.1 Å². The molecule has 5 nitrogen and oxygen atoms in total. The van der Waals surface area contributed by atoms with E-state index in [-0.39, 0.29) is 17.1 Å². The van der Waals surface area contributed by atoms with Gasteiger partial charge in [0.1, 0.15) is 5.82 Å². The molecule has 1 aromatic carbocycles. The van der Waals surface area contributed by atoms with Crippen molar-refractivity contribution in [2.45, 2.75) is 6.92 Å². The average molecular weight is 222 g/mol. The Morgan fingerprint density at radius 3 is 2.88 bits per heavy atom. The second-order valence-electron chi connectivity index (χ2n) is 3.20. The van der Waals surface area contributed by atoms with Crippen molar-refractivity contribution in [3.05, 3.63) is 46.0 Å². The Labute approximate surface area is 89.6 Å². The molecule has 16 heavy (non-hydrogen) atoms. The van der Waals surface area contributed by atoms with Crippen molar-refractivity contribution in [2.75, 3.05) is 0 Å². The number of aromatic nitrogens is 1. The van der Waals surface area contributed by atoms with Gasteiger partial charge in [0, 0.05) is 12.5 Å². The summed E-state index contributed by atoms with van der Waals surface area (Å²) in [4.78, 5) is 10.2. The highest BCUT2D eigenvalue weighted by molar-refractivity contribution is 5.69. The summed E-state index contributed by atoms with van der Waals surface area (Å²) in [6.07, 6.45) is 0. The molecule has 6 heteroatoms. The molecule has 0 amide bonds. The first-order valence-electron chi connectivity index (χ1n) is 4.46. The fourth-order valence-corrected chi connectivity index (χ4v) is 1.41. The van der Waals surface area contributed by atoms with Crippen LogP contribution in [-0.2, 0) is 0 Å². The fourth-order valence-electron chi connectivity index (χ4n) is 1.41. The van der Waals surface area contributed by atoms with E-state index in [9.17, 15) is 14.5 Å². The highest BCUT2D eigenvalue weighted by Gasteiger charge is 2.25. The van der Waals surface area contributed by atoms with Crippen molar-refractivity contribution in [3.63, 3.8) is 0 Å². The summed E-state index contributed by atoms with van der Waals surface area (Å²) in [5.74, 6) is -0.378. The Balaban J connectivity index is 2.60. The molecule has 1 aromatic heterocycles. The number of halogens is 1. The highest BCUT2D eigenvalue weighted by Crippen LogP contribution is 2.31. The molecule has 0 aliphatic rings. The smallest absolute Gasteiger partial charge is 0.339 e. The van der Waals surface area contributed by atoms with Crippen LogP contribution in [0.4, 0.5) is 10.1 Å². The van der Waals surface area contributed by atoms with Crippen LogP contribution in [0.5, 0.6) is 0 Å². The minimum absolute atomic E-state index is 0.0435. The summed E-state index contributed by atoms with van der Waals surface area (Å²) in [5.41, 5.74) is 0.135. The van der Waals surface area contributed by atoms with Crippen LogP contribution in [0.3, 0.4) is 0 Å². The Hall–Kier alpha value is -2.24. The SMILES string of the molecule is Cc1onc(-c2cccc(F)c2)c1[N+](=O)[O-]. The molecule has 0 saturated carbocycles. The molecule has 82 valence electrons. The van der Waals surface area contributed by atoms with Crippen LogP contribution < -0.4 is 0 Å². The van der Waals surface area contributed by atoms with E-state index in [0.29, 0.717) is 5.56 Å². The van der Waals surface area contributed by atoms with Gasteiger partial charge in [-0.15, -0.1) is 0 Å². The Morgan fingerprint density at radius 2 is 2.25 bits per heavy atom. The van der Waals surface area contributed by atoms with Crippen LogP contribution in [0.1, 0.15) is 5.76 Å². The molecule has 0 atom stereocenters. The number of aryl methyl sites for hydroxylation is 1. The quantitative estimate of drug-likeness (QED) is 0.578. The third-order valence-corrected chi connectivity index (χ3v) is 2.11. The molecule has 0 saturated heterocycles. The van der Waals surface area contributed by atoms with Crippen molar-refractivity contribution in [2.24, 2.45) is 0 Å². The summed E-state index contributed by atoms with van der Waals surface area (Å²) in [6, 6.07) is 5.42. The van der Waals surface area contributed by atoms with Crippen molar-refractivity contribution < 1.29 is 13.8 Å². The third kappa shape index (κ3) is 1.65. The average Bonchev–Trinajstić information content (AvgIpc) is 2.60.